The Kier molecular flexibility index (Phi) is 18.7. The Bertz CT molecular complexity index is 1820. The maximum absolute atomic E-state index is 14.8. The van der Waals surface area contributed by atoms with E-state index in [1.807, 2.05) is 0 Å². The smallest absolute Gasteiger partial charge is 0.322 e. The van der Waals surface area contributed by atoms with Crippen LogP contribution < -0.4 is 32.7 Å². The number of aliphatic hydroxyl groups excluding tert-OH is 2. The van der Waals surface area contributed by atoms with Crippen molar-refractivity contribution in [1.29, 1.82) is 0 Å². The van der Waals surface area contributed by atoms with Crippen molar-refractivity contribution in [3.8, 4) is 0 Å². The van der Waals surface area contributed by atoms with Gasteiger partial charge >= 0.3 is 23.9 Å². The van der Waals surface area contributed by atoms with E-state index in [2.05, 4.69) is 21.3 Å². The standard InChI is InChI=1S/C33H46N8O16S4/c1-40-30(56)32(60-58-12-18(26(50)36-10-23(46)47)38-21(44)7-5-16(34)28(52)53)9-15-3-2-4-20(43)25(15)41(32)31(57)33(40,14-42)61-59-13-19(27(51)37-11-24(48)49)39-22(45)8-6-17(35)29(54)55/h2-4,16-20,25,42-43H,5-14,34-35H2,1H3,(H,36,50)(H,37,51)(H,38,44)(H,39,45)(H,46,47)(H,48,49)(H,52,53)(H,54,55)/t16-,17-,18-,19-,20-,25-,32+,33+/m0/s1. The summed E-state index contributed by atoms with van der Waals surface area (Å²) in [6.45, 7) is -2.65. The van der Waals surface area contributed by atoms with Crippen LogP contribution in [0.5, 0.6) is 0 Å². The molecule has 0 unspecified atom stereocenters. The Morgan fingerprint density at radius 2 is 1.28 bits per heavy atom. The maximum Gasteiger partial charge on any atom is 0.322 e. The molecule has 28 heteroatoms. The van der Waals surface area contributed by atoms with E-state index < -0.39 is 138 Å². The molecule has 3 aliphatic rings. The molecule has 338 valence electrons. The van der Waals surface area contributed by atoms with Crippen LogP contribution in [-0.4, -0.2) is 184 Å². The van der Waals surface area contributed by atoms with Gasteiger partial charge in [-0.1, -0.05) is 61.4 Å². The zero-order valence-electron chi connectivity index (χ0n) is 32.2. The highest BCUT2D eigenvalue weighted by Gasteiger charge is 2.69. The number of nitrogens with one attached hydrogen (secondary N) is 4. The fraction of sp³-hybridized carbons (Fsp3) is 0.576. The molecule has 0 radical (unpaired) electrons. The minimum atomic E-state index is -2.13. The Hall–Kier alpha value is -4.58. The number of aliphatic carboxylic acids is 4. The van der Waals surface area contributed by atoms with Gasteiger partial charge in [-0.05, 0) is 18.4 Å². The van der Waals surface area contributed by atoms with Crippen LogP contribution in [0.3, 0.4) is 0 Å². The van der Waals surface area contributed by atoms with Crippen LogP contribution in [-0.2, 0) is 47.9 Å². The van der Waals surface area contributed by atoms with Crippen LogP contribution in [0.25, 0.3) is 0 Å². The molecule has 0 spiro atoms. The van der Waals surface area contributed by atoms with E-state index in [4.69, 9.17) is 31.9 Å². The van der Waals surface area contributed by atoms with E-state index in [0.29, 0.717) is 16.4 Å². The highest BCUT2D eigenvalue weighted by Crippen LogP contribution is 2.58. The number of amides is 6. The van der Waals surface area contributed by atoms with Crippen molar-refractivity contribution in [2.45, 2.75) is 78.2 Å². The summed E-state index contributed by atoms with van der Waals surface area (Å²) >= 11 is 0. The van der Waals surface area contributed by atoms with Gasteiger partial charge in [0.15, 0.2) is 4.87 Å². The van der Waals surface area contributed by atoms with E-state index in [0.717, 1.165) is 42.2 Å². The number of rotatable bonds is 25. The quantitative estimate of drug-likeness (QED) is 0.0386. The average Bonchev–Trinajstić information content (AvgIpc) is 3.56. The molecule has 0 saturated carbocycles. The summed E-state index contributed by atoms with van der Waals surface area (Å²) in [7, 11) is 4.25. The van der Waals surface area contributed by atoms with Gasteiger partial charge in [-0.25, -0.2) is 0 Å². The molecule has 61 heavy (non-hydrogen) atoms. The Labute approximate surface area is 362 Å². The molecular formula is C33H46N8O16S4. The monoisotopic (exact) mass is 938 g/mol. The summed E-state index contributed by atoms with van der Waals surface area (Å²) in [4.78, 5) is 123. The molecule has 0 aromatic carbocycles. The van der Waals surface area contributed by atoms with Gasteiger partial charge in [0.1, 0.15) is 37.3 Å². The van der Waals surface area contributed by atoms with Gasteiger partial charge in [-0.3, -0.25) is 47.9 Å². The molecule has 24 nitrogen and oxygen atoms in total. The second-order valence-electron chi connectivity index (χ2n) is 13.7. The molecule has 6 amide bonds. The number of carboxylic acids is 4. The van der Waals surface area contributed by atoms with E-state index in [-0.39, 0.29) is 30.8 Å². The average molecular weight is 939 g/mol. The molecular weight excluding hydrogens is 893 g/mol. The van der Waals surface area contributed by atoms with Crippen molar-refractivity contribution >= 4 is 102 Å². The minimum Gasteiger partial charge on any atom is -0.480 e. The molecule has 2 saturated heterocycles. The number of piperazine rings is 1. The summed E-state index contributed by atoms with van der Waals surface area (Å²) in [5, 5.41) is 67.3. The van der Waals surface area contributed by atoms with Crippen molar-refractivity contribution in [3.05, 3.63) is 23.8 Å². The topological polar surface area (TPSA) is 399 Å². The molecule has 0 aromatic heterocycles. The SMILES string of the molecule is CN1C(=O)[C@]2(SSC[C@H](NC(=O)CC[C@H](N)C(=O)O)C(=O)NCC(=O)O)CC3=CC=C[C@H](O)[C@H]3N2C(=O)[C@@]1(CO)SSC[C@H](NC(=O)CC[C@H](N)C(=O)O)C(=O)NCC(=O)O. The second kappa shape index (κ2) is 22.5. The zero-order valence-corrected chi connectivity index (χ0v) is 35.5. The van der Waals surface area contributed by atoms with Crippen molar-refractivity contribution in [2.24, 2.45) is 11.5 Å². The summed E-state index contributed by atoms with van der Waals surface area (Å²) in [5.74, 6) is -11.4. The lowest BCUT2D eigenvalue weighted by Gasteiger charge is -2.53. The van der Waals surface area contributed by atoms with Gasteiger partial charge in [0.25, 0.3) is 11.8 Å². The Balaban J connectivity index is 1.89. The lowest BCUT2D eigenvalue weighted by atomic mass is 9.97. The van der Waals surface area contributed by atoms with Crippen LogP contribution in [0, 0.1) is 0 Å². The highest BCUT2D eigenvalue weighted by atomic mass is 33.1. The molecule has 0 bridgehead atoms. The van der Waals surface area contributed by atoms with Gasteiger partial charge in [0.2, 0.25) is 28.5 Å². The number of carbonyl (C=O) groups excluding carboxylic acids is 6. The van der Waals surface area contributed by atoms with E-state index in [1.165, 1.54) is 19.2 Å². The number of likely N-dealkylation sites (N-methyl/N-ethyl adjacent to an activating group) is 1. The van der Waals surface area contributed by atoms with Gasteiger partial charge < -0.3 is 73.2 Å². The normalized spacial score (nSPS) is 23.7. The Morgan fingerprint density at radius 3 is 1.72 bits per heavy atom. The molecule has 2 heterocycles. The fourth-order valence-electron chi connectivity index (χ4n) is 6.10. The van der Waals surface area contributed by atoms with E-state index in [9.17, 15) is 58.2 Å². The van der Waals surface area contributed by atoms with Gasteiger partial charge in [-0.2, -0.15) is 0 Å². The number of carbonyl (C=O) groups is 10. The molecule has 3 rings (SSSR count). The van der Waals surface area contributed by atoms with Crippen LogP contribution >= 0.6 is 43.2 Å². The third kappa shape index (κ3) is 12.7. The lowest BCUT2D eigenvalue weighted by Crippen LogP contribution is -2.74. The van der Waals surface area contributed by atoms with Crippen molar-refractivity contribution in [2.75, 3.05) is 38.2 Å². The summed E-state index contributed by atoms with van der Waals surface area (Å²) < 4.78 is 0. The van der Waals surface area contributed by atoms with Crippen molar-refractivity contribution in [3.63, 3.8) is 0 Å². The number of allylic oxidation sites excluding steroid dienone is 2. The first kappa shape index (κ1) is 50.8. The van der Waals surface area contributed by atoms with Gasteiger partial charge in [0, 0.05) is 37.8 Å². The molecule has 0 aromatic rings. The van der Waals surface area contributed by atoms with Crippen molar-refractivity contribution in [1.82, 2.24) is 31.1 Å². The number of aliphatic hydroxyl groups is 2. The zero-order chi connectivity index (χ0) is 45.8. The largest absolute Gasteiger partial charge is 0.480 e. The molecule has 14 N–H and O–H groups in total. The predicted molar refractivity (Wildman–Crippen MR) is 219 cm³/mol. The highest BCUT2D eigenvalue weighted by molar-refractivity contribution is 8.77. The first-order chi connectivity index (χ1) is 28.6. The van der Waals surface area contributed by atoms with Crippen LogP contribution in [0.15, 0.2) is 23.8 Å². The number of hydrogen-bond donors (Lipinski definition) is 12. The van der Waals surface area contributed by atoms with Gasteiger partial charge in [-0.15, -0.1) is 0 Å². The third-order valence-electron chi connectivity index (χ3n) is 9.37. The van der Waals surface area contributed by atoms with E-state index in [1.54, 1.807) is 6.08 Å². The second-order valence-corrected chi connectivity index (χ2v) is 18.9. The number of nitrogens with two attached hydrogens (primary N) is 2. The molecule has 8 atom stereocenters. The summed E-state index contributed by atoms with van der Waals surface area (Å²) in [6, 6.07) is -6.80. The van der Waals surface area contributed by atoms with Crippen molar-refractivity contribution < 1.29 is 78.6 Å². The Morgan fingerprint density at radius 1 is 0.803 bits per heavy atom. The predicted octanol–water partition coefficient (Wildman–Crippen LogP) is -4.18. The molecule has 2 fully saturated rings. The minimum absolute atomic E-state index is 0.149. The van der Waals surface area contributed by atoms with Crippen LogP contribution in [0.4, 0.5) is 0 Å². The first-order valence-electron chi connectivity index (χ1n) is 18.1. The lowest BCUT2D eigenvalue weighted by molar-refractivity contribution is -0.167. The van der Waals surface area contributed by atoms with Crippen LogP contribution in [0.2, 0.25) is 0 Å². The summed E-state index contributed by atoms with van der Waals surface area (Å²) in [5.41, 5.74) is 11.4. The van der Waals surface area contributed by atoms with Gasteiger partial charge in [0.05, 0.1) is 18.8 Å². The van der Waals surface area contributed by atoms with Crippen LogP contribution in [0.1, 0.15) is 32.1 Å². The first-order valence-corrected chi connectivity index (χ1v) is 22.7. The van der Waals surface area contributed by atoms with E-state index >= 15 is 0 Å². The molecule has 1 aliphatic carbocycles. The summed E-state index contributed by atoms with van der Waals surface area (Å²) in [6.07, 6.45) is 1.59. The maximum atomic E-state index is 14.8. The number of fused-ring (bicyclic) bond motifs is 3. The fourth-order valence-corrected chi connectivity index (χ4v) is 12.2. The number of nitrogens with zero attached hydrogens (tertiary/aromatic N) is 2. The number of hydrogen-bond acceptors (Lipinski definition) is 18. The number of carboxylic acid groups (broad SMARTS) is 4. The molecule has 2 aliphatic heterocycles. The third-order valence-corrected chi connectivity index (χ3v) is 15.4.